The van der Waals surface area contributed by atoms with E-state index >= 15 is 0 Å². The van der Waals surface area contributed by atoms with Crippen LogP contribution in [0.1, 0.15) is 0 Å². The molecule has 0 saturated heterocycles. The van der Waals surface area contributed by atoms with E-state index in [1.54, 1.807) is 0 Å². The van der Waals surface area contributed by atoms with E-state index in [2.05, 4.69) is 14.1 Å². The fourth-order valence-corrected chi connectivity index (χ4v) is 2.10. The topological polar surface area (TPSA) is 46.9 Å². The minimum atomic E-state index is 0.155. The van der Waals surface area contributed by atoms with Crippen LogP contribution in [-0.2, 0) is 19.6 Å². The summed E-state index contributed by atoms with van der Waals surface area (Å²) in [4.78, 5) is 4.35. The van der Waals surface area contributed by atoms with E-state index < -0.39 is 0 Å². The molecule has 0 atom stereocenters. The zero-order valence-corrected chi connectivity index (χ0v) is 8.37. The molecule has 0 aliphatic carbocycles. The second kappa shape index (κ2) is 3.20. The molecule has 1 N–H and O–H groups in total. The summed E-state index contributed by atoms with van der Waals surface area (Å²) in [5.41, 5.74) is 0. The van der Waals surface area contributed by atoms with Crippen molar-refractivity contribution in [1.82, 2.24) is 14.1 Å². The predicted octanol–water partition coefficient (Wildman–Crippen LogP) is -0.355. The van der Waals surface area contributed by atoms with Crippen LogP contribution in [0.15, 0.2) is 24.8 Å². The molecule has 0 fully saturated rings. The van der Waals surface area contributed by atoms with Gasteiger partial charge in [0.1, 0.15) is 25.5 Å². The molecule has 3 rings (SSSR count). The lowest BCUT2D eigenvalue weighted by Crippen LogP contribution is -2.41. The Kier molecular flexibility index (Phi) is 1.85. The van der Waals surface area contributed by atoms with Crippen molar-refractivity contribution < 1.29 is 9.67 Å². The number of hydrogen-bond donors (Lipinski definition) is 1. The number of hydrogen-bond acceptors (Lipinski definition) is 2. The Morgan fingerprint density at radius 2 is 2.40 bits per heavy atom. The van der Waals surface area contributed by atoms with Gasteiger partial charge < -0.3 is 9.67 Å². The number of fused-ring (bicyclic) bond motifs is 3. The van der Waals surface area contributed by atoms with Crippen molar-refractivity contribution in [2.75, 3.05) is 6.61 Å². The molecule has 0 radical (unpaired) electrons. The third kappa shape index (κ3) is 1.20. The lowest BCUT2D eigenvalue weighted by atomic mass is 10.4. The van der Waals surface area contributed by atoms with Gasteiger partial charge in [0.15, 0.2) is 0 Å². The van der Waals surface area contributed by atoms with E-state index in [4.69, 9.17) is 5.11 Å². The Bertz CT molecular complexity index is 485. The molecule has 0 aromatic carbocycles. The Balaban J connectivity index is 2.16. The average Bonchev–Trinajstić information content (AvgIpc) is 2.83. The molecule has 3 heterocycles. The van der Waals surface area contributed by atoms with Gasteiger partial charge >= 0.3 is 5.82 Å². The van der Waals surface area contributed by atoms with Gasteiger partial charge in [-0.05, 0) is 0 Å². The number of imidazole rings is 2. The number of aliphatic hydroxyl groups excluding tert-OH is 1. The lowest BCUT2D eigenvalue weighted by molar-refractivity contribution is -0.690. The molecule has 5 heteroatoms. The van der Waals surface area contributed by atoms with E-state index in [1.165, 1.54) is 0 Å². The van der Waals surface area contributed by atoms with Crippen molar-refractivity contribution in [2.24, 2.45) is 0 Å². The number of aliphatic hydroxyl groups is 1. The van der Waals surface area contributed by atoms with Crippen molar-refractivity contribution in [3.63, 3.8) is 0 Å². The van der Waals surface area contributed by atoms with Crippen molar-refractivity contribution >= 4 is 0 Å². The molecule has 0 amide bonds. The van der Waals surface area contributed by atoms with Gasteiger partial charge in [0.25, 0.3) is 0 Å². The van der Waals surface area contributed by atoms with Crippen molar-refractivity contribution in [3.05, 3.63) is 24.8 Å². The quantitative estimate of drug-likeness (QED) is 0.681. The van der Waals surface area contributed by atoms with Crippen LogP contribution in [0.2, 0.25) is 0 Å². The van der Waals surface area contributed by atoms with E-state index in [9.17, 15) is 0 Å². The Morgan fingerprint density at radius 1 is 1.47 bits per heavy atom. The van der Waals surface area contributed by atoms with Crippen molar-refractivity contribution in [2.45, 2.75) is 19.6 Å². The summed E-state index contributed by atoms with van der Waals surface area (Å²) in [6.07, 6.45) is 7.86. The molecule has 1 aliphatic rings. The number of aryl methyl sites for hydroxylation is 2. The van der Waals surface area contributed by atoms with E-state index in [0.29, 0.717) is 6.54 Å². The first-order chi connectivity index (χ1) is 7.40. The van der Waals surface area contributed by atoms with Crippen LogP contribution in [0, 0.1) is 0 Å². The highest BCUT2D eigenvalue weighted by molar-refractivity contribution is 5.41. The first kappa shape index (κ1) is 8.67. The van der Waals surface area contributed by atoms with Crippen LogP contribution in [-0.4, -0.2) is 25.8 Å². The highest BCUT2D eigenvalue weighted by atomic mass is 16.3. The van der Waals surface area contributed by atoms with Crippen LogP contribution < -0.4 is 4.57 Å². The second-order valence-corrected chi connectivity index (χ2v) is 3.68. The van der Waals surface area contributed by atoms with Gasteiger partial charge in [0, 0.05) is 12.4 Å². The lowest BCUT2D eigenvalue weighted by Gasteiger charge is -2.12. The molecule has 0 bridgehead atoms. The smallest absolute Gasteiger partial charge is 0.325 e. The molecule has 5 nitrogen and oxygen atoms in total. The molecular formula is C10H13N4O+. The molecule has 0 unspecified atom stereocenters. The molecule has 2 aromatic rings. The first-order valence-electron chi connectivity index (χ1n) is 5.11. The summed E-state index contributed by atoms with van der Waals surface area (Å²) in [6.45, 7) is 2.71. The van der Waals surface area contributed by atoms with Gasteiger partial charge in [-0.2, -0.15) is 0 Å². The summed E-state index contributed by atoms with van der Waals surface area (Å²) < 4.78 is 6.36. The van der Waals surface area contributed by atoms with Crippen molar-refractivity contribution in [3.8, 4) is 11.6 Å². The maximum Gasteiger partial charge on any atom is 0.325 e. The molecular weight excluding hydrogens is 192 g/mol. The fraction of sp³-hybridized carbons (Fsp3) is 0.400. The van der Waals surface area contributed by atoms with Gasteiger partial charge in [-0.25, -0.2) is 14.1 Å². The van der Waals surface area contributed by atoms with Gasteiger partial charge in [-0.3, -0.25) is 0 Å². The third-order valence-corrected chi connectivity index (χ3v) is 2.81. The molecule has 0 saturated carbocycles. The Morgan fingerprint density at radius 3 is 3.27 bits per heavy atom. The van der Waals surface area contributed by atoms with Gasteiger partial charge in [0.2, 0.25) is 5.82 Å². The number of nitrogens with zero attached hydrogens (tertiary/aromatic N) is 4. The average molecular weight is 205 g/mol. The second-order valence-electron chi connectivity index (χ2n) is 3.68. The van der Waals surface area contributed by atoms with Crippen molar-refractivity contribution in [1.29, 1.82) is 0 Å². The third-order valence-electron chi connectivity index (χ3n) is 2.81. The molecule has 0 spiro atoms. The maximum atomic E-state index is 8.98. The summed E-state index contributed by atoms with van der Waals surface area (Å²) in [5, 5.41) is 8.98. The SMILES string of the molecule is OCCn1cc[n+]2c1-c1nccn1CC2. The first-order valence-corrected chi connectivity index (χ1v) is 5.11. The highest BCUT2D eigenvalue weighted by Gasteiger charge is 2.27. The zero-order valence-electron chi connectivity index (χ0n) is 8.37. The summed E-state index contributed by atoms with van der Waals surface area (Å²) in [6, 6.07) is 0. The Hall–Kier alpha value is -1.62. The van der Waals surface area contributed by atoms with Gasteiger partial charge in [-0.15, -0.1) is 0 Å². The molecule has 1 aliphatic heterocycles. The normalized spacial score (nSPS) is 13.7. The standard InChI is InChI=1S/C10H13N4O/c15-8-7-14-6-5-13-4-3-12-2-1-11-9(12)10(13)14/h1-2,5-6,15H,3-4,7-8H2/q+1. The van der Waals surface area contributed by atoms with E-state index in [-0.39, 0.29) is 6.61 Å². The van der Waals surface area contributed by atoms with E-state index in [1.807, 2.05) is 29.4 Å². The minimum Gasteiger partial charge on any atom is -0.392 e. The summed E-state index contributed by atoms with van der Waals surface area (Å²) in [5.74, 6) is 2.07. The highest BCUT2D eigenvalue weighted by Crippen LogP contribution is 2.17. The largest absolute Gasteiger partial charge is 0.392 e. The van der Waals surface area contributed by atoms with Crippen LogP contribution in [0.5, 0.6) is 0 Å². The van der Waals surface area contributed by atoms with Gasteiger partial charge in [0.05, 0.1) is 13.2 Å². The minimum absolute atomic E-state index is 0.155. The number of aromatic nitrogens is 4. The Labute approximate surface area is 87.2 Å². The van der Waals surface area contributed by atoms with Gasteiger partial charge in [-0.1, -0.05) is 0 Å². The fourth-order valence-electron chi connectivity index (χ4n) is 2.10. The summed E-state index contributed by atoms with van der Waals surface area (Å²) >= 11 is 0. The number of rotatable bonds is 2. The van der Waals surface area contributed by atoms with Crippen LogP contribution in [0.25, 0.3) is 11.6 Å². The zero-order chi connectivity index (χ0) is 10.3. The predicted molar refractivity (Wildman–Crippen MR) is 52.9 cm³/mol. The van der Waals surface area contributed by atoms with Crippen LogP contribution in [0.3, 0.4) is 0 Å². The molecule has 15 heavy (non-hydrogen) atoms. The summed E-state index contributed by atoms with van der Waals surface area (Å²) in [7, 11) is 0. The van der Waals surface area contributed by atoms with Crippen LogP contribution >= 0.6 is 0 Å². The van der Waals surface area contributed by atoms with E-state index in [0.717, 1.165) is 24.7 Å². The molecule has 2 aromatic heterocycles. The maximum absolute atomic E-state index is 8.98. The van der Waals surface area contributed by atoms with Crippen LogP contribution in [0.4, 0.5) is 0 Å². The molecule has 78 valence electrons. The monoisotopic (exact) mass is 205 g/mol.